The zero-order chi connectivity index (χ0) is 29.7. The van der Waals surface area contributed by atoms with Crippen LogP contribution in [0.3, 0.4) is 0 Å². The minimum Gasteiger partial charge on any atom is -0.497 e. The first kappa shape index (κ1) is 30.7. The number of para-hydroxylation sites is 1. The number of fused-ring (bicyclic) bond motifs is 1. The van der Waals surface area contributed by atoms with Crippen molar-refractivity contribution in [2.75, 3.05) is 19.6 Å². The number of carboxylic acid groups (broad SMARTS) is 1. The molecule has 1 heterocycles. The quantitative estimate of drug-likeness (QED) is 0.112. The van der Waals surface area contributed by atoms with E-state index in [1.165, 1.54) is 11.8 Å². The largest absolute Gasteiger partial charge is 0.497 e. The highest BCUT2D eigenvalue weighted by molar-refractivity contribution is 7.98. The summed E-state index contributed by atoms with van der Waals surface area (Å²) in [6.45, 7) is 0.289. The molecule has 3 aromatic carbocycles. The molecule has 4 N–H and O–H groups in total. The Morgan fingerprint density at radius 2 is 1.67 bits per heavy atom. The average molecular weight is 590 g/mol. The number of aromatic nitrogens is 1. The number of aliphatic carboxylic acids is 1. The van der Waals surface area contributed by atoms with Crippen LogP contribution in [-0.2, 0) is 37.9 Å². The number of ether oxygens (including phenoxy) is 2. The molecule has 9 nitrogen and oxygen atoms in total. The van der Waals surface area contributed by atoms with Gasteiger partial charge in [-0.2, -0.15) is 11.8 Å². The van der Waals surface area contributed by atoms with Gasteiger partial charge >= 0.3 is 5.97 Å². The molecular weight excluding hydrogens is 554 g/mol. The Morgan fingerprint density at radius 3 is 2.40 bits per heavy atom. The van der Waals surface area contributed by atoms with Crippen molar-refractivity contribution in [1.29, 1.82) is 0 Å². The van der Waals surface area contributed by atoms with Crippen LogP contribution in [0.2, 0.25) is 0 Å². The third-order valence-electron chi connectivity index (χ3n) is 6.73. The Balaban J connectivity index is 1.41. The number of thioether (sulfide) groups is 1. The maximum Gasteiger partial charge on any atom is 0.304 e. The molecule has 220 valence electrons. The summed E-state index contributed by atoms with van der Waals surface area (Å²) in [5.41, 5.74) is 3.78. The number of carbonyl (C=O) groups excluding carboxylic acids is 2. The van der Waals surface area contributed by atoms with E-state index >= 15 is 0 Å². The van der Waals surface area contributed by atoms with Crippen molar-refractivity contribution in [3.05, 3.63) is 102 Å². The van der Waals surface area contributed by atoms with Gasteiger partial charge in [0.15, 0.2) is 0 Å². The molecule has 10 heteroatoms. The van der Waals surface area contributed by atoms with Gasteiger partial charge in [0.2, 0.25) is 11.8 Å². The van der Waals surface area contributed by atoms with Crippen LogP contribution in [0, 0.1) is 5.92 Å². The molecule has 0 radical (unpaired) electrons. The second-order valence-electron chi connectivity index (χ2n) is 9.80. The fourth-order valence-corrected chi connectivity index (χ4v) is 5.59. The summed E-state index contributed by atoms with van der Waals surface area (Å²) in [5, 5.41) is 16.0. The van der Waals surface area contributed by atoms with Gasteiger partial charge in [-0.15, -0.1) is 0 Å². The zero-order valence-corrected chi connectivity index (χ0v) is 24.2. The molecule has 1 aromatic heterocycles. The number of nitrogens with one attached hydrogen (secondary N) is 3. The fraction of sp³-hybridized carbons (Fsp3) is 0.281. The smallest absolute Gasteiger partial charge is 0.304 e. The Kier molecular flexibility index (Phi) is 11.4. The monoisotopic (exact) mass is 589 g/mol. The summed E-state index contributed by atoms with van der Waals surface area (Å²) in [4.78, 5) is 41.5. The van der Waals surface area contributed by atoms with Crippen LogP contribution in [0.4, 0.5) is 0 Å². The van der Waals surface area contributed by atoms with E-state index in [-0.39, 0.29) is 25.3 Å². The van der Waals surface area contributed by atoms with Crippen LogP contribution in [0.15, 0.2) is 85.1 Å². The number of rotatable bonds is 16. The van der Waals surface area contributed by atoms with Crippen molar-refractivity contribution in [3.63, 3.8) is 0 Å². The maximum absolute atomic E-state index is 13.4. The Hall–Kier alpha value is -4.28. The highest BCUT2D eigenvalue weighted by Gasteiger charge is 2.28. The summed E-state index contributed by atoms with van der Waals surface area (Å²) in [5.74, 6) is -1.16. The van der Waals surface area contributed by atoms with E-state index < -0.39 is 29.7 Å². The Labute approximate surface area is 249 Å². The molecule has 2 atom stereocenters. The van der Waals surface area contributed by atoms with E-state index in [1.54, 1.807) is 7.11 Å². The molecule has 0 spiro atoms. The third-order valence-corrected chi connectivity index (χ3v) is 7.91. The van der Waals surface area contributed by atoms with Gasteiger partial charge in [0, 0.05) is 35.0 Å². The molecule has 0 saturated heterocycles. The van der Waals surface area contributed by atoms with Gasteiger partial charge < -0.3 is 30.2 Å². The summed E-state index contributed by atoms with van der Waals surface area (Å²) in [6, 6.07) is 23.9. The summed E-state index contributed by atoms with van der Waals surface area (Å²) < 4.78 is 10.8. The summed E-state index contributed by atoms with van der Waals surface area (Å²) in [7, 11) is 1.60. The predicted molar refractivity (Wildman–Crippen MR) is 163 cm³/mol. The molecule has 4 aromatic rings. The molecule has 0 fully saturated rings. The number of aromatic amines is 1. The van der Waals surface area contributed by atoms with Gasteiger partial charge in [-0.3, -0.25) is 14.4 Å². The first-order valence-electron chi connectivity index (χ1n) is 13.6. The second-order valence-corrected chi connectivity index (χ2v) is 10.8. The fourth-order valence-electron chi connectivity index (χ4n) is 4.49. The van der Waals surface area contributed by atoms with Gasteiger partial charge in [-0.1, -0.05) is 60.7 Å². The number of H-pyrrole nitrogens is 1. The van der Waals surface area contributed by atoms with Crippen molar-refractivity contribution in [1.82, 2.24) is 15.6 Å². The van der Waals surface area contributed by atoms with Gasteiger partial charge in [-0.05, 0) is 34.9 Å². The van der Waals surface area contributed by atoms with Crippen LogP contribution in [0.5, 0.6) is 5.75 Å². The molecule has 0 unspecified atom stereocenters. The molecule has 42 heavy (non-hydrogen) atoms. The van der Waals surface area contributed by atoms with Crippen molar-refractivity contribution >= 4 is 40.4 Å². The average Bonchev–Trinajstić information content (AvgIpc) is 3.41. The number of benzene rings is 3. The number of carbonyl (C=O) groups is 3. The normalized spacial score (nSPS) is 12.4. The van der Waals surface area contributed by atoms with Crippen molar-refractivity contribution < 1.29 is 29.0 Å². The summed E-state index contributed by atoms with van der Waals surface area (Å²) in [6.07, 6.45) is 1.70. The van der Waals surface area contributed by atoms with E-state index in [9.17, 15) is 19.5 Å². The zero-order valence-electron chi connectivity index (χ0n) is 23.4. The lowest BCUT2D eigenvalue weighted by atomic mass is 10.0. The number of amides is 2. The first-order chi connectivity index (χ1) is 20.4. The minimum absolute atomic E-state index is 0.0375. The molecular formula is C32H35N3O6S. The first-order valence-corrected chi connectivity index (χ1v) is 14.8. The lowest BCUT2D eigenvalue weighted by Crippen LogP contribution is -2.50. The van der Waals surface area contributed by atoms with Crippen molar-refractivity contribution in [2.45, 2.75) is 31.2 Å². The molecule has 0 bridgehead atoms. The molecule has 2 amide bonds. The van der Waals surface area contributed by atoms with E-state index in [0.717, 1.165) is 33.3 Å². The Morgan fingerprint density at radius 1 is 0.929 bits per heavy atom. The van der Waals surface area contributed by atoms with E-state index in [4.69, 9.17) is 9.47 Å². The van der Waals surface area contributed by atoms with Gasteiger partial charge in [0.1, 0.15) is 18.5 Å². The lowest BCUT2D eigenvalue weighted by Gasteiger charge is -2.22. The van der Waals surface area contributed by atoms with Crippen LogP contribution in [0.1, 0.15) is 23.1 Å². The highest BCUT2D eigenvalue weighted by atomic mass is 32.2. The predicted octanol–water partition coefficient (Wildman–Crippen LogP) is 4.52. The standard InChI is InChI=1S/C32H35N3O6S/c1-40-26-13-11-23(12-14-26)19-42-20-25(16-30(36)37)31(38)35-29(15-24-17-33-28-10-6-5-9-27(24)28)32(39)34-21-41-18-22-7-3-2-4-8-22/h2-14,17,25,29,33H,15-16,18-21H2,1H3,(H,34,39)(H,35,38)(H,36,37)/t25-,29-/m0/s1. The SMILES string of the molecule is COc1ccc(CSC[C@H](CC(=O)O)C(=O)N[C@@H](Cc2c[nH]c3ccccc23)C(=O)NCOCc2ccccc2)cc1. The molecule has 0 aliphatic rings. The van der Waals surface area contributed by atoms with Gasteiger partial charge in [-0.25, -0.2) is 0 Å². The molecule has 0 aliphatic carbocycles. The van der Waals surface area contributed by atoms with Crippen molar-refractivity contribution in [2.24, 2.45) is 5.92 Å². The lowest BCUT2D eigenvalue weighted by molar-refractivity contribution is -0.141. The summed E-state index contributed by atoms with van der Waals surface area (Å²) >= 11 is 1.47. The van der Waals surface area contributed by atoms with Crippen LogP contribution in [0.25, 0.3) is 10.9 Å². The third kappa shape index (κ3) is 9.12. The second kappa shape index (κ2) is 15.6. The molecule has 4 rings (SSSR count). The minimum atomic E-state index is -1.08. The van der Waals surface area contributed by atoms with E-state index in [2.05, 4.69) is 15.6 Å². The van der Waals surface area contributed by atoms with E-state index in [1.807, 2.05) is 85.1 Å². The van der Waals surface area contributed by atoms with Gasteiger partial charge in [0.05, 0.1) is 26.1 Å². The topological polar surface area (TPSA) is 130 Å². The van der Waals surface area contributed by atoms with Crippen LogP contribution in [-0.4, -0.2) is 53.5 Å². The number of hydrogen-bond acceptors (Lipinski definition) is 6. The maximum atomic E-state index is 13.4. The Bertz CT molecular complexity index is 1460. The number of hydrogen-bond donors (Lipinski definition) is 4. The molecule has 0 saturated carbocycles. The number of methoxy groups -OCH3 is 1. The van der Waals surface area contributed by atoms with Crippen molar-refractivity contribution in [3.8, 4) is 5.75 Å². The van der Waals surface area contributed by atoms with Crippen LogP contribution >= 0.6 is 11.8 Å². The number of carboxylic acids is 1. The highest BCUT2D eigenvalue weighted by Crippen LogP contribution is 2.22. The molecule has 0 aliphatic heterocycles. The van der Waals surface area contributed by atoms with Gasteiger partial charge in [0.25, 0.3) is 0 Å². The van der Waals surface area contributed by atoms with Crippen LogP contribution < -0.4 is 15.4 Å². The van der Waals surface area contributed by atoms with E-state index in [0.29, 0.717) is 12.4 Å².